The molecule has 5 heteroatoms. The Morgan fingerprint density at radius 2 is 1.83 bits per heavy atom. The average molecular weight is 253 g/mol. The number of hydrogen-bond acceptors (Lipinski definition) is 2. The number of nitrogens with zero attached hydrogens (tertiary/aromatic N) is 1. The smallest absolute Gasteiger partial charge is 0.299 e. The topological polar surface area (TPSA) is 37.4 Å². The van der Waals surface area contributed by atoms with Gasteiger partial charge in [0.15, 0.2) is 11.6 Å². The molecule has 1 aliphatic rings. The van der Waals surface area contributed by atoms with Crippen LogP contribution in [0, 0.1) is 17.6 Å². The molecule has 0 aliphatic carbocycles. The number of amides is 1. The van der Waals surface area contributed by atoms with Crippen LogP contribution >= 0.6 is 0 Å². The van der Waals surface area contributed by atoms with E-state index in [0.29, 0.717) is 6.54 Å². The third-order valence-corrected chi connectivity index (χ3v) is 3.20. The second-order valence-electron chi connectivity index (χ2n) is 4.54. The monoisotopic (exact) mass is 253 g/mol. The van der Waals surface area contributed by atoms with Gasteiger partial charge in [0.2, 0.25) is 0 Å². The van der Waals surface area contributed by atoms with Crippen molar-refractivity contribution in [3.63, 3.8) is 0 Å². The van der Waals surface area contributed by atoms with Gasteiger partial charge in [-0.2, -0.15) is 0 Å². The number of carbonyl (C=O) groups excluding carboxylic acids is 2. The van der Waals surface area contributed by atoms with E-state index >= 15 is 0 Å². The fourth-order valence-electron chi connectivity index (χ4n) is 1.91. The van der Waals surface area contributed by atoms with Crippen LogP contribution in [0.3, 0.4) is 0 Å². The Balaban J connectivity index is 2.45. The van der Waals surface area contributed by atoms with Crippen LogP contribution in [0.1, 0.15) is 30.6 Å². The Morgan fingerprint density at radius 1 is 1.22 bits per heavy atom. The number of carbonyl (C=O) groups is 2. The molecule has 0 N–H and O–H groups in total. The molecule has 1 aliphatic heterocycles. The molecule has 0 radical (unpaired) electrons. The average Bonchev–Trinajstić information content (AvgIpc) is 2.56. The lowest BCUT2D eigenvalue weighted by atomic mass is 10.1. The lowest BCUT2D eigenvalue weighted by Gasteiger charge is -2.20. The molecule has 0 aromatic heterocycles. The molecule has 1 aromatic carbocycles. The van der Waals surface area contributed by atoms with E-state index in [0.717, 1.165) is 18.6 Å². The molecule has 1 aromatic rings. The van der Waals surface area contributed by atoms with E-state index in [2.05, 4.69) is 0 Å². The van der Waals surface area contributed by atoms with Crippen molar-refractivity contribution in [2.45, 2.75) is 20.3 Å². The maximum Gasteiger partial charge on any atom is 0.299 e. The predicted molar refractivity (Wildman–Crippen MR) is 62.5 cm³/mol. The van der Waals surface area contributed by atoms with E-state index in [9.17, 15) is 18.4 Å². The van der Waals surface area contributed by atoms with E-state index in [4.69, 9.17) is 0 Å². The van der Waals surface area contributed by atoms with E-state index in [1.54, 1.807) is 0 Å². The molecule has 0 saturated carbocycles. The number of Topliss-reactive ketones (excluding diaryl/α,β-unsaturated/α-hetero) is 1. The van der Waals surface area contributed by atoms with Crippen LogP contribution in [0.15, 0.2) is 12.1 Å². The number of hydrogen-bond donors (Lipinski definition) is 0. The zero-order chi connectivity index (χ0) is 13.4. The summed E-state index contributed by atoms with van der Waals surface area (Å²) in [5.41, 5.74) is 0.117. The molecule has 0 fully saturated rings. The number of fused-ring (bicyclic) bond motifs is 1. The number of halogens is 2. The zero-order valence-corrected chi connectivity index (χ0v) is 10.2. The maximum absolute atomic E-state index is 13.2. The summed E-state index contributed by atoms with van der Waals surface area (Å²) in [6, 6.07) is 1.71. The summed E-state index contributed by atoms with van der Waals surface area (Å²) in [7, 11) is 0. The summed E-state index contributed by atoms with van der Waals surface area (Å²) in [6.07, 6.45) is 0.830. The first-order valence-corrected chi connectivity index (χ1v) is 5.81. The van der Waals surface area contributed by atoms with Gasteiger partial charge in [-0.05, 0) is 12.0 Å². The Kier molecular flexibility index (Phi) is 3.15. The molecule has 1 amide bonds. The number of ketones is 1. The lowest BCUT2D eigenvalue weighted by molar-refractivity contribution is -0.114. The minimum atomic E-state index is -1.11. The van der Waals surface area contributed by atoms with Crippen molar-refractivity contribution < 1.29 is 18.4 Å². The van der Waals surface area contributed by atoms with E-state index in [1.165, 1.54) is 4.90 Å². The molecule has 1 heterocycles. The summed E-state index contributed by atoms with van der Waals surface area (Å²) in [6.45, 7) is 4.22. The molecule has 96 valence electrons. The van der Waals surface area contributed by atoms with Gasteiger partial charge in [0, 0.05) is 12.6 Å². The first-order valence-electron chi connectivity index (χ1n) is 5.81. The Morgan fingerprint density at radius 3 is 2.44 bits per heavy atom. The summed E-state index contributed by atoms with van der Waals surface area (Å²) in [4.78, 5) is 24.7. The van der Waals surface area contributed by atoms with Gasteiger partial charge in [-0.25, -0.2) is 8.78 Å². The number of rotatable bonds is 3. The van der Waals surface area contributed by atoms with Gasteiger partial charge in [0.1, 0.15) is 0 Å². The van der Waals surface area contributed by atoms with Crippen molar-refractivity contribution in [1.29, 1.82) is 0 Å². The minimum absolute atomic E-state index is 0.0535. The van der Waals surface area contributed by atoms with Crippen molar-refractivity contribution in [2.75, 3.05) is 11.4 Å². The van der Waals surface area contributed by atoms with Crippen molar-refractivity contribution in [1.82, 2.24) is 0 Å². The van der Waals surface area contributed by atoms with Crippen LogP contribution in [0.4, 0.5) is 14.5 Å². The van der Waals surface area contributed by atoms with Gasteiger partial charge >= 0.3 is 0 Å². The molecular formula is C13H13F2NO2. The minimum Gasteiger partial charge on any atom is -0.304 e. The Bertz CT molecular complexity index is 528. The summed E-state index contributed by atoms with van der Waals surface area (Å²) in [5, 5.41) is 0. The van der Waals surface area contributed by atoms with Gasteiger partial charge in [0.25, 0.3) is 11.7 Å². The highest BCUT2D eigenvalue weighted by atomic mass is 19.2. The third kappa shape index (κ3) is 1.89. The molecule has 1 unspecified atom stereocenters. The molecule has 0 spiro atoms. The van der Waals surface area contributed by atoms with Gasteiger partial charge in [-0.15, -0.1) is 0 Å². The van der Waals surface area contributed by atoms with Crippen molar-refractivity contribution in [2.24, 2.45) is 5.92 Å². The van der Waals surface area contributed by atoms with Gasteiger partial charge in [0.05, 0.1) is 11.3 Å². The second kappa shape index (κ2) is 4.48. The highest BCUT2D eigenvalue weighted by Crippen LogP contribution is 2.31. The molecular weight excluding hydrogens is 240 g/mol. The third-order valence-electron chi connectivity index (χ3n) is 3.20. The number of anilines is 1. The van der Waals surface area contributed by atoms with Gasteiger partial charge in [-0.3, -0.25) is 9.59 Å². The van der Waals surface area contributed by atoms with E-state index in [1.807, 2.05) is 13.8 Å². The molecule has 18 heavy (non-hydrogen) atoms. The predicted octanol–water partition coefficient (Wildman–Crippen LogP) is 2.54. The van der Waals surface area contributed by atoms with Gasteiger partial charge < -0.3 is 4.90 Å². The first kappa shape index (κ1) is 12.7. The fourth-order valence-corrected chi connectivity index (χ4v) is 1.91. The summed E-state index contributed by atoms with van der Waals surface area (Å²) < 4.78 is 26.3. The van der Waals surface area contributed by atoms with Crippen LogP contribution in [0.25, 0.3) is 0 Å². The van der Waals surface area contributed by atoms with Crippen molar-refractivity contribution >= 4 is 17.4 Å². The summed E-state index contributed by atoms with van der Waals surface area (Å²) in [5.74, 6) is -3.46. The Hall–Kier alpha value is -1.78. The molecule has 0 bridgehead atoms. The van der Waals surface area contributed by atoms with Crippen molar-refractivity contribution in [3.8, 4) is 0 Å². The fraction of sp³-hybridized carbons (Fsp3) is 0.385. The van der Waals surface area contributed by atoms with E-state index in [-0.39, 0.29) is 17.2 Å². The SMILES string of the molecule is CCC(C)CN1C(=O)C(=O)c2cc(F)c(F)cc21. The molecule has 1 atom stereocenters. The highest BCUT2D eigenvalue weighted by Gasteiger charge is 2.37. The molecule has 2 rings (SSSR count). The van der Waals surface area contributed by atoms with Crippen LogP contribution < -0.4 is 4.90 Å². The second-order valence-corrected chi connectivity index (χ2v) is 4.54. The standard InChI is InChI=1S/C13H13F2NO2/c1-3-7(2)6-16-11-5-10(15)9(14)4-8(11)12(17)13(16)18/h4-5,7H,3,6H2,1-2H3. The quantitative estimate of drug-likeness (QED) is 0.776. The van der Waals surface area contributed by atoms with E-state index < -0.39 is 23.3 Å². The van der Waals surface area contributed by atoms with Crippen molar-refractivity contribution in [3.05, 3.63) is 29.3 Å². The van der Waals surface area contributed by atoms with Gasteiger partial charge in [-0.1, -0.05) is 20.3 Å². The largest absolute Gasteiger partial charge is 0.304 e. The lowest BCUT2D eigenvalue weighted by Crippen LogP contribution is -2.33. The zero-order valence-electron chi connectivity index (χ0n) is 10.2. The molecule has 3 nitrogen and oxygen atoms in total. The van der Waals surface area contributed by atoms with Crippen LogP contribution in [-0.4, -0.2) is 18.2 Å². The summed E-state index contributed by atoms with van der Waals surface area (Å²) >= 11 is 0. The van der Waals surface area contributed by atoms with Crippen LogP contribution in [0.5, 0.6) is 0 Å². The highest BCUT2D eigenvalue weighted by molar-refractivity contribution is 6.52. The number of benzene rings is 1. The van der Waals surface area contributed by atoms with Crippen LogP contribution in [0.2, 0.25) is 0 Å². The molecule has 0 saturated heterocycles. The normalized spacial score (nSPS) is 16.1. The Labute approximate surface area is 103 Å². The van der Waals surface area contributed by atoms with Crippen LogP contribution in [-0.2, 0) is 4.79 Å². The maximum atomic E-state index is 13.2. The first-order chi connectivity index (χ1) is 8.45.